The molecule has 3 aliphatic heterocycles. The fourth-order valence-electron chi connectivity index (χ4n) is 14.2. The second-order valence-corrected chi connectivity index (χ2v) is 33.9. The van der Waals surface area contributed by atoms with Gasteiger partial charge in [0.15, 0.2) is 11.6 Å². The van der Waals surface area contributed by atoms with Crippen LogP contribution in [0.4, 0.5) is 51.2 Å². The number of amides is 9. The van der Waals surface area contributed by atoms with Crippen LogP contribution in [0.3, 0.4) is 0 Å². The summed E-state index contributed by atoms with van der Waals surface area (Å²) < 4.78 is 5.10. The van der Waals surface area contributed by atoms with Crippen molar-refractivity contribution in [3.63, 3.8) is 0 Å². The number of ketones is 4. The summed E-state index contributed by atoms with van der Waals surface area (Å²) in [5.41, 5.74) is 13.3. The van der Waals surface area contributed by atoms with Crippen molar-refractivity contribution in [2.45, 2.75) is 102 Å². The van der Waals surface area contributed by atoms with Gasteiger partial charge in [-0.05, 0) is 202 Å². The number of hydrogen-bond acceptors (Lipinski definition) is 18. The zero-order valence-electron chi connectivity index (χ0n) is 79.3. The van der Waals surface area contributed by atoms with E-state index in [1.165, 1.54) is 45.6 Å². The highest BCUT2D eigenvalue weighted by atomic mass is 35.5. The molecule has 13 N–H and O–H groups in total. The van der Waals surface area contributed by atoms with E-state index < -0.39 is 29.6 Å². The van der Waals surface area contributed by atoms with Gasteiger partial charge in [0.1, 0.15) is 34.6 Å². The van der Waals surface area contributed by atoms with E-state index in [9.17, 15) is 77.6 Å². The van der Waals surface area contributed by atoms with Crippen LogP contribution in [0.5, 0.6) is 23.0 Å². The van der Waals surface area contributed by atoms with Crippen molar-refractivity contribution in [3.8, 4) is 23.0 Å². The second-order valence-electron chi connectivity index (χ2n) is 33.5. The number of anilines is 9. The average Bonchev–Trinajstić information content (AvgIpc) is 1.04. The lowest BCUT2D eigenvalue weighted by atomic mass is 9.98. The molecule has 0 aliphatic carbocycles. The number of halogens is 1. The minimum atomic E-state index is -0.791. The van der Waals surface area contributed by atoms with Gasteiger partial charge in [-0.2, -0.15) is 0 Å². The van der Waals surface area contributed by atoms with E-state index in [0.717, 1.165) is 65.9 Å². The molecule has 0 aromatic heterocycles. The number of aliphatic hydroxyl groups excluding tert-OH is 1. The number of Topliss-reactive ketones (excluding diaryl/α,β-unsaturated/α-hetero) is 4. The average molecular weight is 1910 g/mol. The molecule has 14 aromatic carbocycles. The van der Waals surface area contributed by atoms with Crippen LogP contribution in [0, 0.1) is 50.4 Å². The Morgan fingerprint density at radius 1 is 0.371 bits per heavy atom. The summed E-state index contributed by atoms with van der Waals surface area (Å²) in [7, 11) is 1.44. The minimum Gasteiger partial charge on any atom is -0.507 e. The first kappa shape index (κ1) is 105. The van der Waals surface area contributed by atoms with Crippen LogP contribution in [-0.2, 0) is 73.8 Å². The number of carbonyl (C=O) groups is 13. The lowest BCUT2D eigenvalue weighted by Crippen LogP contribution is -2.27. The van der Waals surface area contributed by atoms with E-state index in [4.69, 9.17) is 21.4 Å². The van der Waals surface area contributed by atoms with Crippen LogP contribution in [0.25, 0.3) is 32.3 Å². The summed E-state index contributed by atoms with van der Waals surface area (Å²) >= 11 is 5.92. The molecule has 0 saturated carbocycles. The number of rotatable bonds is 20. The first-order chi connectivity index (χ1) is 66.9. The van der Waals surface area contributed by atoms with Crippen molar-refractivity contribution in [3.05, 3.63) is 352 Å². The molecule has 0 fully saturated rings. The van der Waals surface area contributed by atoms with Crippen molar-refractivity contribution < 1.29 is 87.5 Å². The molecule has 28 heteroatoms. The molecule has 9 amide bonds. The molecule has 0 radical (unpaired) electrons. The van der Waals surface area contributed by atoms with Crippen molar-refractivity contribution in [1.29, 1.82) is 0 Å². The quantitative estimate of drug-likeness (QED) is 0.0249. The Morgan fingerprint density at radius 3 is 1.19 bits per heavy atom. The molecular formula is C112H110ClN9O18. The number of ether oxygens (including phenoxy) is 1. The van der Waals surface area contributed by atoms with Gasteiger partial charge in [0.2, 0.25) is 47.3 Å². The molecule has 0 spiro atoms. The number of aryl methyl sites for hydroxylation is 3. The first-order valence-electron chi connectivity index (χ1n) is 44.9. The SMILES string of the molecule is CC(=O)C(C)C(=O)Nc1ccc2c(c1)NC(=O)C2.CC(C(=O)Nc1ccc2c(c1)NC(=O)C2)C(=O)c1ccccc1.CC(C(=O)Nc1ccccc1)C(=O)c1ccccc1.CC(C)C(=O)Nc1ccc2c(c1)NC(=O)C2.COc1cc(Cl)c(CO)cc1NC(=O)C(C)C(C)=O.Cc1c(O)c(C(=O)Nc2ccccc2)cc2ccccc12.Cc1ccc(O)c2ccccc12.Cc1ccc2ccccc2c1O. The van der Waals surface area contributed by atoms with Gasteiger partial charge in [-0.15, -0.1) is 0 Å². The minimum absolute atomic E-state index is 0.00216. The van der Waals surface area contributed by atoms with Crippen LogP contribution in [-0.4, -0.2) is 104 Å². The lowest BCUT2D eigenvalue weighted by Gasteiger charge is -2.14. The Balaban J connectivity index is 0.000000166. The highest BCUT2D eigenvalue weighted by molar-refractivity contribution is 6.31. The summed E-state index contributed by atoms with van der Waals surface area (Å²) in [4.78, 5) is 152. The zero-order valence-corrected chi connectivity index (χ0v) is 80.1. The predicted molar refractivity (Wildman–Crippen MR) is 550 cm³/mol. The van der Waals surface area contributed by atoms with Gasteiger partial charge >= 0.3 is 0 Å². The van der Waals surface area contributed by atoms with E-state index in [1.54, 1.807) is 136 Å². The molecule has 4 unspecified atom stereocenters. The molecule has 27 nitrogen and oxygen atoms in total. The molecule has 3 heterocycles. The van der Waals surface area contributed by atoms with Gasteiger partial charge in [0, 0.05) is 84.4 Å². The largest absolute Gasteiger partial charge is 0.507 e. The molecule has 14 aromatic rings. The molecule has 17 rings (SSSR count). The van der Waals surface area contributed by atoms with Crippen molar-refractivity contribution in [2.24, 2.45) is 29.6 Å². The van der Waals surface area contributed by atoms with Crippen LogP contribution in [0.2, 0.25) is 5.02 Å². The Morgan fingerprint density at radius 2 is 0.750 bits per heavy atom. The first-order valence-corrected chi connectivity index (χ1v) is 45.2. The Kier molecular flexibility index (Phi) is 37.7. The number of aromatic hydroxyl groups is 3. The maximum absolute atomic E-state index is 12.4. The maximum Gasteiger partial charge on any atom is 0.259 e. The highest BCUT2D eigenvalue weighted by Gasteiger charge is 2.28. The van der Waals surface area contributed by atoms with Gasteiger partial charge in [0.25, 0.3) is 5.91 Å². The summed E-state index contributed by atoms with van der Waals surface area (Å²) in [6.45, 7) is 18.2. The summed E-state index contributed by atoms with van der Waals surface area (Å²) in [6, 6.07) is 87.5. The van der Waals surface area contributed by atoms with Crippen LogP contribution in [0.15, 0.2) is 291 Å². The second kappa shape index (κ2) is 50.2. The van der Waals surface area contributed by atoms with Gasteiger partial charge in [-0.25, -0.2) is 0 Å². The highest BCUT2D eigenvalue weighted by Crippen LogP contribution is 2.36. The standard InChI is InChI=1S/C18H16N2O3.C18H15NO2.C16H15NO2.C13H16ClNO4.C13H14N2O3.C12H14N2O2.2C11H10O/c1-11(17(22)12-5-3-2-4-6-12)18(23)19-14-8-7-13-9-16(21)20-15(13)10-14;1-12-15-10-6-5-7-13(15)11-16(17(12)20)18(21)19-14-8-3-2-4-9-14;1-12(15(18)13-8-4-2-5-9-13)16(19)17-14-10-6-3-7-11-14;1-7(8(2)17)13(18)15-11-4-9(6-16)10(14)5-12(11)19-3;1-7(8(2)16)13(18)14-10-4-3-9-5-12(17)15-11(9)6-10;1-7(2)12(16)13-9-4-3-8-5-11(15)14-10(8)6-9;1-8-6-7-11(12)10-5-3-2-4-9(8)10;1-8-6-7-9-4-2-3-5-10(9)11(8)12/h2-8,10-11H,9H2,1H3,(H,19,23)(H,20,21);2-11,20H,1H3,(H,19,21);2-12H,1H3,(H,17,19);4-5,7,16H,6H2,1-3H3,(H,15,18);3-4,6-7H,5H2,1-2H3,(H,14,18)(H,15,17);3-4,6-7H,5H2,1-2H3,(H,13,16)(H,14,15);2*2-7,12H,1H3. The Bertz CT molecular complexity index is 6890. The number of hydrogen-bond donors (Lipinski definition) is 13. The summed E-state index contributed by atoms with van der Waals surface area (Å²) in [5.74, 6) is -4.51. The predicted octanol–water partition coefficient (Wildman–Crippen LogP) is 20.7. The fraction of sp³-hybridized carbons (Fsp3) is 0.188. The molecule has 0 saturated heterocycles. The molecule has 140 heavy (non-hydrogen) atoms. The van der Waals surface area contributed by atoms with Crippen LogP contribution >= 0.6 is 11.6 Å². The van der Waals surface area contributed by atoms with Crippen molar-refractivity contribution in [1.82, 2.24) is 0 Å². The maximum atomic E-state index is 12.4. The molecule has 0 bridgehead atoms. The van der Waals surface area contributed by atoms with Gasteiger partial charge < -0.3 is 73.0 Å². The Hall–Kier alpha value is -16.8. The number of phenolic OH excluding ortho intramolecular Hbond substituents is 3. The fourth-order valence-corrected chi connectivity index (χ4v) is 14.4. The normalized spacial score (nSPS) is 12.3. The van der Waals surface area contributed by atoms with E-state index in [1.807, 2.05) is 198 Å². The summed E-state index contributed by atoms with van der Waals surface area (Å²) in [5, 5.41) is 69.4. The van der Waals surface area contributed by atoms with Crippen LogP contribution in [0.1, 0.15) is 125 Å². The number of benzene rings is 14. The third-order valence-corrected chi connectivity index (χ3v) is 23.2. The number of nitrogens with one attached hydrogen (secondary N) is 9. The smallest absolute Gasteiger partial charge is 0.259 e. The lowest BCUT2D eigenvalue weighted by molar-refractivity contribution is -0.130. The topological polar surface area (TPSA) is 420 Å². The number of fused-ring (bicyclic) bond motifs is 6. The molecule has 3 aliphatic rings. The summed E-state index contributed by atoms with van der Waals surface area (Å²) in [6.07, 6.45) is 1.15. The number of carbonyl (C=O) groups excluding carboxylic acids is 13. The van der Waals surface area contributed by atoms with E-state index in [2.05, 4.69) is 47.9 Å². The third kappa shape index (κ3) is 29.1. The zero-order chi connectivity index (χ0) is 102. The number of para-hydroxylation sites is 2. The van der Waals surface area contributed by atoms with E-state index >= 15 is 0 Å². The monoisotopic (exact) mass is 1900 g/mol. The number of aliphatic hydroxyl groups is 1. The van der Waals surface area contributed by atoms with Crippen LogP contribution < -0.4 is 52.6 Å². The number of phenols is 3. The van der Waals surface area contributed by atoms with Crippen molar-refractivity contribution >= 4 is 171 Å². The Labute approximate surface area is 815 Å². The van der Waals surface area contributed by atoms with E-state index in [0.29, 0.717) is 104 Å². The molecule has 718 valence electrons. The molecule has 4 atom stereocenters. The van der Waals surface area contributed by atoms with Crippen molar-refractivity contribution in [2.75, 3.05) is 55.0 Å². The van der Waals surface area contributed by atoms with Gasteiger partial charge in [-0.3, -0.25) is 62.3 Å². The van der Waals surface area contributed by atoms with Gasteiger partial charge in [0.05, 0.1) is 67.9 Å². The molecular weight excluding hydrogens is 1790 g/mol. The van der Waals surface area contributed by atoms with E-state index in [-0.39, 0.29) is 94.2 Å². The third-order valence-electron chi connectivity index (χ3n) is 22.8. The number of methoxy groups -OCH3 is 1. The van der Waals surface area contributed by atoms with Gasteiger partial charge in [-0.1, -0.05) is 232 Å².